The SMILES string of the molecule is Oc1nccc(SCCCN2C[C@@H]3C[C@]3(C3C=CC(C(F)(F)F)=CC3)C2)n1. The molecular formula is C19H22F3N3OS. The van der Waals surface area contributed by atoms with Crippen LogP contribution in [0.15, 0.2) is 41.1 Å². The molecule has 1 aromatic heterocycles. The third-order valence-corrected chi connectivity index (χ3v) is 6.94. The lowest BCUT2D eigenvalue weighted by atomic mass is 9.82. The van der Waals surface area contributed by atoms with Crippen molar-refractivity contribution in [2.45, 2.75) is 30.5 Å². The van der Waals surface area contributed by atoms with Crippen LogP contribution in [0.1, 0.15) is 19.3 Å². The van der Waals surface area contributed by atoms with Gasteiger partial charge in [0.05, 0.1) is 5.57 Å². The lowest BCUT2D eigenvalue weighted by Crippen LogP contribution is -2.29. The molecule has 3 aliphatic rings. The number of halogens is 3. The van der Waals surface area contributed by atoms with Crippen LogP contribution >= 0.6 is 11.8 Å². The van der Waals surface area contributed by atoms with E-state index in [9.17, 15) is 18.3 Å². The maximum atomic E-state index is 12.8. The Morgan fingerprint density at radius 3 is 2.93 bits per heavy atom. The zero-order valence-corrected chi connectivity index (χ0v) is 15.6. The van der Waals surface area contributed by atoms with Crippen LogP contribution in [-0.2, 0) is 0 Å². The van der Waals surface area contributed by atoms with Gasteiger partial charge in [0, 0.05) is 25.0 Å². The van der Waals surface area contributed by atoms with Crippen molar-refractivity contribution >= 4 is 11.8 Å². The number of hydrogen-bond donors (Lipinski definition) is 1. The second-order valence-corrected chi connectivity index (χ2v) is 8.74. The number of likely N-dealkylation sites (tertiary alicyclic amines) is 1. The molecule has 2 aliphatic carbocycles. The highest BCUT2D eigenvalue weighted by molar-refractivity contribution is 7.99. The summed E-state index contributed by atoms with van der Waals surface area (Å²) in [5, 5.41) is 10.0. The third kappa shape index (κ3) is 4.01. The molecule has 0 amide bonds. The summed E-state index contributed by atoms with van der Waals surface area (Å²) in [4.78, 5) is 10.1. The fourth-order valence-corrected chi connectivity index (χ4v) is 5.29. The summed E-state index contributed by atoms with van der Waals surface area (Å²) in [6, 6.07) is 1.58. The van der Waals surface area contributed by atoms with Crippen LogP contribution < -0.4 is 0 Å². The van der Waals surface area contributed by atoms with Crippen LogP contribution in [0.25, 0.3) is 0 Å². The molecule has 1 unspecified atom stereocenters. The predicted molar refractivity (Wildman–Crippen MR) is 97.4 cm³/mol. The van der Waals surface area contributed by atoms with E-state index in [4.69, 9.17) is 0 Å². The van der Waals surface area contributed by atoms with Crippen molar-refractivity contribution in [3.63, 3.8) is 0 Å². The van der Waals surface area contributed by atoms with Crippen molar-refractivity contribution in [2.75, 3.05) is 25.4 Å². The number of fused-ring (bicyclic) bond motifs is 1. The fourth-order valence-electron chi connectivity index (χ4n) is 4.51. The summed E-state index contributed by atoms with van der Waals surface area (Å²) >= 11 is 1.60. The number of aromatic hydroxyl groups is 1. The van der Waals surface area contributed by atoms with E-state index >= 15 is 0 Å². The quantitative estimate of drug-likeness (QED) is 0.446. The van der Waals surface area contributed by atoms with Crippen molar-refractivity contribution in [1.82, 2.24) is 14.9 Å². The summed E-state index contributed by atoms with van der Waals surface area (Å²) in [5.41, 5.74) is -0.314. The van der Waals surface area contributed by atoms with Gasteiger partial charge >= 0.3 is 12.2 Å². The summed E-state index contributed by atoms with van der Waals surface area (Å²) in [5.74, 6) is 1.77. The van der Waals surface area contributed by atoms with Crippen LogP contribution in [0.5, 0.6) is 6.01 Å². The fraction of sp³-hybridized carbons (Fsp3) is 0.579. The number of alkyl halides is 3. The van der Waals surface area contributed by atoms with E-state index in [2.05, 4.69) is 14.9 Å². The van der Waals surface area contributed by atoms with E-state index in [0.29, 0.717) is 12.3 Å². The van der Waals surface area contributed by atoms with Gasteiger partial charge in [-0.15, -0.1) is 11.8 Å². The number of rotatable bonds is 6. The summed E-state index contributed by atoms with van der Waals surface area (Å²) in [6.45, 7) is 3.03. The molecule has 1 N–H and O–H groups in total. The van der Waals surface area contributed by atoms with Gasteiger partial charge in [-0.25, -0.2) is 4.98 Å². The van der Waals surface area contributed by atoms with Crippen molar-refractivity contribution in [2.24, 2.45) is 17.3 Å². The van der Waals surface area contributed by atoms with Gasteiger partial charge in [0.1, 0.15) is 5.03 Å². The first-order valence-electron chi connectivity index (χ1n) is 9.19. The van der Waals surface area contributed by atoms with E-state index in [1.807, 2.05) is 0 Å². The zero-order chi connectivity index (χ0) is 19.1. The summed E-state index contributed by atoms with van der Waals surface area (Å²) < 4.78 is 38.3. The van der Waals surface area contributed by atoms with E-state index in [-0.39, 0.29) is 17.3 Å². The average molecular weight is 397 g/mol. The molecule has 0 spiro atoms. The van der Waals surface area contributed by atoms with Gasteiger partial charge in [-0.1, -0.05) is 18.2 Å². The molecule has 2 heterocycles. The van der Waals surface area contributed by atoms with Crippen LogP contribution in [0.4, 0.5) is 13.2 Å². The molecule has 4 rings (SSSR count). The zero-order valence-electron chi connectivity index (χ0n) is 14.8. The van der Waals surface area contributed by atoms with Gasteiger partial charge in [0.25, 0.3) is 0 Å². The van der Waals surface area contributed by atoms with E-state index in [1.165, 1.54) is 12.2 Å². The monoisotopic (exact) mass is 397 g/mol. The highest BCUT2D eigenvalue weighted by atomic mass is 32.2. The van der Waals surface area contributed by atoms with Crippen LogP contribution in [0.2, 0.25) is 0 Å². The predicted octanol–water partition coefficient (Wildman–Crippen LogP) is 4.05. The number of piperidine rings is 1. The second-order valence-electron chi connectivity index (χ2n) is 7.62. The highest BCUT2D eigenvalue weighted by Gasteiger charge is 2.62. The molecule has 2 fully saturated rings. The molecule has 146 valence electrons. The van der Waals surface area contributed by atoms with Gasteiger partial charge in [-0.2, -0.15) is 18.2 Å². The average Bonchev–Trinajstić information content (AvgIpc) is 3.20. The van der Waals surface area contributed by atoms with Crippen molar-refractivity contribution in [3.05, 3.63) is 36.1 Å². The summed E-state index contributed by atoms with van der Waals surface area (Å²) in [7, 11) is 0. The molecular weight excluding hydrogens is 375 g/mol. The van der Waals surface area contributed by atoms with Gasteiger partial charge < -0.3 is 10.0 Å². The Bertz CT molecular complexity index is 767. The third-order valence-electron chi connectivity index (χ3n) is 5.93. The van der Waals surface area contributed by atoms with Crippen LogP contribution in [0, 0.1) is 17.3 Å². The first kappa shape index (κ1) is 18.8. The summed E-state index contributed by atoms with van der Waals surface area (Å²) in [6.07, 6.45) is 4.40. The molecule has 1 aromatic rings. The van der Waals surface area contributed by atoms with Crippen LogP contribution in [-0.4, -0.2) is 51.5 Å². The van der Waals surface area contributed by atoms with E-state index < -0.39 is 11.7 Å². The van der Waals surface area contributed by atoms with Crippen molar-refractivity contribution < 1.29 is 18.3 Å². The molecule has 0 aromatic carbocycles. The number of thioether (sulfide) groups is 1. The molecule has 3 atom stereocenters. The lowest BCUT2D eigenvalue weighted by Gasteiger charge is -2.27. The topological polar surface area (TPSA) is 49.3 Å². The lowest BCUT2D eigenvalue weighted by molar-refractivity contribution is -0.0888. The van der Waals surface area contributed by atoms with Crippen LogP contribution in [0.3, 0.4) is 0 Å². The maximum Gasteiger partial charge on any atom is 0.416 e. The maximum absolute atomic E-state index is 12.8. The smallest absolute Gasteiger partial charge is 0.416 e. The minimum atomic E-state index is -4.23. The van der Waals surface area contributed by atoms with Gasteiger partial charge in [-0.05, 0) is 49.1 Å². The van der Waals surface area contributed by atoms with Crippen molar-refractivity contribution in [3.8, 4) is 6.01 Å². The number of hydrogen-bond acceptors (Lipinski definition) is 5. The molecule has 8 heteroatoms. The molecule has 0 radical (unpaired) electrons. The highest BCUT2D eigenvalue weighted by Crippen LogP contribution is 2.64. The first-order chi connectivity index (χ1) is 12.9. The molecule has 1 saturated carbocycles. The Morgan fingerprint density at radius 1 is 1.37 bits per heavy atom. The number of allylic oxidation sites excluding steroid dienone is 4. The Kier molecular flexibility index (Phi) is 4.96. The van der Waals surface area contributed by atoms with E-state index in [0.717, 1.165) is 43.3 Å². The number of aromatic nitrogens is 2. The Balaban J connectivity index is 1.23. The van der Waals surface area contributed by atoms with Gasteiger partial charge in [0.2, 0.25) is 0 Å². The minimum absolute atomic E-state index is 0.190. The Hall–Kier alpha value is -1.54. The first-order valence-corrected chi connectivity index (χ1v) is 10.2. The van der Waals surface area contributed by atoms with Gasteiger partial charge in [0.15, 0.2) is 0 Å². The molecule has 4 nitrogen and oxygen atoms in total. The molecule has 1 saturated heterocycles. The largest absolute Gasteiger partial charge is 0.479 e. The second kappa shape index (κ2) is 7.13. The molecule has 1 aliphatic heterocycles. The standard InChI is InChI=1S/C19H22F3N3OS/c20-19(21,22)14-4-2-13(3-5-14)18-10-15(18)11-25(12-18)8-1-9-27-16-6-7-23-17(26)24-16/h2,4-7,13,15H,1,3,8-12H2,(H,23,24,26)/t13?,15-,18+/m0/s1. The van der Waals surface area contributed by atoms with Crippen molar-refractivity contribution in [1.29, 1.82) is 0 Å². The Morgan fingerprint density at radius 2 is 2.22 bits per heavy atom. The molecule has 0 bridgehead atoms. The van der Waals surface area contributed by atoms with E-state index in [1.54, 1.807) is 30.1 Å². The number of nitrogens with zero attached hydrogens (tertiary/aromatic N) is 3. The molecule has 27 heavy (non-hydrogen) atoms. The van der Waals surface area contributed by atoms with Gasteiger partial charge in [-0.3, -0.25) is 0 Å². The minimum Gasteiger partial charge on any atom is -0.479 e. The Labute approximate surface area is 160 Å². The normalized spacial score (nSPS) is 30.3.